The number of H-pyrrole nitrogens is 1. The lowest BCUT2D eigenvalue weighted by molar-refractivity contribution is 0.0787. The molecule has 0 spiro atoms. The molecule has 0 atom stereocenters. The van der Waals surface area contributed by atoms with Gasteiger partial charge in [0.1, 0.15) is 5.69 Å². The summed E-state index contributed by atoms with van der Waals surface area (Å²) in [6.45, 7) is 0.707. The minimum Gasteiger partial charge on any atom is -0.356 e. The molecule has 0 radical (unpaired) electrons. The molecule has 3 aromatic rings. The van der Waals surface area contributed by atoms with Crippen molar-refractivity contribution in [1.29, 1.82) is 0 Å². The topological polar surface area (TPSA) is 95.9 Å². The molecule has 0 saturated carbocycles. The summed E-state index contributed by atoms with van der Waals surface area (Å²) in [5, 5.41) is 10.9. The average Bonchev–Trinajstić information content (AvgIpc) is 3.33. The molecule has 8 nitrogen and oxygen atoms in total. The van der Waals surface area contributed by atoms with Crippen molar-refractivity contribution in [2.24, 2.45) is 0 Å². The van der Waals surface area contributed by atoms with E-state index in [4.69, 9.17) is 11.6 Å². The Morgan fingerprint density at radius 1 is 1.31 bits per heavy atom. The van der Waals surface area contributed by atoms with Crippen molar-refractivity contribution in [3.05, 3.63) is 65.2 Å². The summed E-state index contributed by atoms with van der Waals surface area (Å²) in [5.74, 6) is -0.401. The molecule has 0 unspecified atom stereocenters. The third-order valence-electron chi connectivity index (χ3n) is 3.77. The number of rotatable bonds is 6. The maximum absolute atomic E-state index is 12.4. The number of benzene rings is 1. The first kappa shape index (κ1) is 17.7. The fraction of sp³-hybridized carbons (Fsp3) is 0.176. The fourth-order valence-electron chi connectivity index (χ4n) is 2.36. The SMILES string of the molecule is CN(CCNC(=O)c1cc(Cl)c[nH]1)C(=O)c1ccc(-n2ccnn2)cc1. The molecular weight excluding hydrogens is 356 g/mol. The third-order valence-corrected chi connectivity index (χ3v) is 3.99. The second-order valence-electron chi connectivity index (χ2n) is 5.61. The number of hydrogen-bond acceptors (Lipinski definition) is 4. The first-order valence-corrected chi connectivity index (χ1v) is 8.27. The summed E-state index contributed by atoms with van der Waals surface area (Å²) < 4.78 is 1.61. The lowest BCUT2D eigenvalue weighted by atomic mass is 10.2. The van der Waals surface area contributed by atoms with E-state index in [9.17, 15) is 9.59 Å². The number of hydrogen-bond donors (Lipinski definition) is 2. The Morgan fingerprint density at radius 3 is 2.69 bits per heavy atom. The summed E-state index contributed by atoms with van der Waals surface area (Å²) in [7, 11) is 1.69. The van der Waals surface area contributed by atoms with Crippen molar-refractivity contribution in [1.82, 2.24) is 30.2 Å². The van der Waals surface area contributed by atoms with Crippen molar-refractivity contribution in [3.8, 4) is 5.69 Å². The van der Waals surface area contributed by atoms with Crippen molar-refractivity contribution < 1.29 is 9.59 Å². The van der Waals surface area contributed by atoms with E-state index in [1.807, 2.05) is 0 Å². The molecule has 0 fully saturated rings. The van der Waals surface area contributed by atoms with E-state index < -0.39 is 0 Å². The number of likely N-dealkylation sites (N-methyl/N-ethyl adjacent to an activating group) is 1. The zero-order valence-electron chi connectivity index (χ0n) is 14.0. The van der Waals surface area contributed by atoms with Gasteiger partial charge in [-0.3, -0.25) is 9.59 Å². The first-order chi connectivity index (χ1) is 12.5. The molecule has 0 saturated heterocycles. The second-order valence-corrected chi connectivity index (χ2v) is 6.05. The van der Waals surface area contributed by atoms with Gasteiger partial charge in [-0.25, -0.2) is 4.68 Å². The highest BCUT2D eigenvalue weighted by atomic mass is 35.5. The van der Waals surface area contributed by atoms with Gasteiger partial charge in [-0.15, -0.1) is 5.10 Å². The van der Waals surface area contributed by atoms with Crippen LogP contribution in [0.1, 0.15) is 20.8 Å². The Hall–Kier alpha value is -3.13. The van der Waals surface area contributed by atoms with E-state index in [-0.39, 0.29) is 11.8 Å². The number of amides is 2. The number of halogens is 1. The van der Waals surface area contributed by atoms with Gasteiger partial charge in [0.05, 0.1) is 23.1 Å². The molecule has 9 heteroatoms. The smallest absolute Gasteiger partial charge is 0.267 e. The van der Waals surface area contributed by atoms with Gasteiger partial charge in [-0.2, -0.15) is 0 Å². The molecular formula is C17H17ClN6O2. The third kappa shape index (κ3) is 4.09. The molecule has 0 bridgehead atoms. The Morgan fingerprint density at radius 2 is 2.08 bits per heavy atom. The van der Waals surface area contributed by atoms with Crippen molar-refractivity contribution in [2.45, 2.75) is 0 Å². The zero-order valence-corrected chi connectivity index (χ0v) is 14.8. The number of carbonyl (C=O) groups is 2. The first-order valence-electron chi connectivity index (χ1n) is 7.89. The number of aromatic nitrogens is 4. The van der Waals surface area contributed by atoms with Crippen LogP contribution in [-0.4, -0.2) is 56.8 Å². The molecule has 2 N–H and O–H groups in total. The molecule has 3 rings (SSSR count). The van der Waals surface area contributed by atoms with E-state index in [0.717, 1.165) is 5.69 Å². The van der Waals surface area contributed by atoms with E-state index >= 15 is 0 Å². The summed E-state index contributed by atoms with van der Waals surface area (Å²) in [6.07, 6.45) is 4.85. The maximum Gasteiger partial charge on any atom is 0.267 e. The van der Waals surface area contributed by atoms with Crippen LogP contribution in [0.4, 0.5) is 0 Å². The van der Waals surface area contributed by atoms with E-state index in [1.54, 1.807) is 59.4 Å². The van der Waals surface area contributed by atoms with Crippen LogP contribution in [0.25, 0.3) is 5.69 Å². The van der Waals surface area contributed by atoms with Crippen LogP contribution in [0.5, 0.6) is 0 Å². The summed E-state index contributed by atoms with van der Waals surface area (Å²) >= 11 is 5.77. The zero-order chi connectivity index (χ0) is 18.5. The highest BCUT2D eigenvalue weighted by Gasteiger charge is 2.13. The molecule has 2 heterocycles. The van der Waals surface area contributed by atoms with Crippen LogP contribution in [0.3, 0.4) is 0 Å². The van der Waals surface area contributed by atoms with Crippen LogP contribution in [-0.2, 0) is 0 Å². The van der Waals surface area contributed by atoms with Crippen LogP contribution in [0, 0.1) is 0 Å². The van der Waals surface area contributed by atoms with Crippen molar-refractivity contribution >= 4 is 23.4 Å². The molecule has 2 aromatic heterocycles. The minimum atomic E-state index is -0.269. The molecule has 0 aliphatic carbocycles. The summed E-state index contributed by atoms with van der Waals surface area (Å²) in [4.78, 5) is 28.7. The summed E-state index contributed by atoms with van der Waals surface area (Å²) in [6, 6.07) is 8.60. The Bertz CT molecular complexity index is 888. The average molecular weight is 373 g/mol. The maximum atomic E-state index is 12.4. The number of aromatic amines is 1. The Labute approximate surface area is 154 Å². The van der Waals surface area contributed by atoms with Gasteiger partial charge in [0.15, 0.2) is 0 Å². The molecule has 0 aliphatic heterocycles. The van der Waals surface area contributed by atoms with Crippen molar-refractivity contribution in [3.63, 3.8) is 0 Å². The van der Waals surface area contributed by atoms with Crippen LogP contribution in [0.2, 0.25) is 5.02 Å². The van der Waals surface area contributed by atoms with E-state index in [1.165, 1.54) is 6.20 Å². The van der Waals surface area contributed by atoms with Gasteiger partial charge in [0.25, 0.3) is 11.8 Å². The van der Waals surface area contributed by atoms with Crippen molar-refractivity contribution in [2.75, 3.05) is 20.1 Å². The Balaban J connectivity index is 1.52. The Kier molecular flexibility index (Phi) is 5.33. The lowest BCUT2D eigenvalue weighted by Crippen LogP contribution is -2.36. The minimum absolute atomic E-state index is 0.132. The molecule has 0 aliphatic rings. The predicted octanol–water partition coefficient (Wildman–Crippen LogP) is 1.75. The molecule has 1 aromatic carbocycles. The highest BCUT2D eigenvalue weighted by molar-refractivity contribution is 6.30. The highest BCUT2D eigenvalue weighted by Crippen LogP contribution is 2.10. The summed E-state index contributed by atoms with van der Waals surface area (Å²) in [5.41, 5.74) is 1.75. The van der Waals surface area contributed by atoms with Gasteiger partial charge in [-0.05, 0) is 30.3 Å². The largest absolute Gasteiger partial charge is 0.356 e. The fourth-order valence-corrected chi connectivity index (χ4v) is 2.52. The van der Waals surface area contributed by atoms with Crippen LogP contribution >= 0.6 is 11.6 Å². The van der Waals surface area contributed by atoms with Crippen LogP contribution in [0.15, 0.2) is 48.9 Å². The van der Waals surface area contributed by atoms with Gasteiger partial charge in [-0.1, -0.05) is 16.8 Å². The number of carbonyl (C=O) groups excluding carboxylic acids is 2. The van der Waals surface area contributed by atoms with Crippen LogP contribution < -0.4 is 5.32 Å². The van der Waals surface area contributed by atoms with E-state index in [0.29, 0.717) is 29.4 Å². The predicted molar refractivity (Wildman–Crippen MR) is 96.5 cm³/mol. The molecule has 134 valence electrons. The van der Waals surface area contributed by atoms with Gasteiger partial charge in [0.2, 0.25) is 0 Å². The second kappa shape index (κ2) is 7.83. The lowest BCUT2D eigenvalue weighted by Gasteiger charge is -2.17. The van der Waals surface area contributed by atoms with Gasteiger partial charge >= 0.3 is 0 Å². The van der Waals surface area contributed by atoms with Gasteiger partial charge in [0, 0.05) is 31.9 Å². The number of nitrogens with one attached hydrogen (secondary N) is 2. The molecule has 2 amide bonds. The normalized spacial score (nSPS) is 10.5. The van der Waals surface area contributed by atoms with Gasteiger partial charge < -0.3 is 15.2 Å². The monoisotopic (exact) mass is 372 g/mol. The standard InChI is InChI=1S/C17H17ClN6O2/c1-23(8-6-19-16(25)15-10-13(18)11-20-15)17(26)12-2-4-14(5-3-12)24-9-7-21-22-24/h2-5,7,9-11,20H,6,8H2,1H3,(H,19,25). The molecule has 26 heavy (non-hydrogen) atoms. The quantitative estimate of drug-likeness (QED) is 0.689. The van der Waals surface area contributed by atoms with E-state index in [2.05, 4.69) is 20.6 Å². The number of nitrogens with zero attached hydrogens (tertiary/aromatic N) is 4.